The molecule has 17 heavy (non-hydrogen) atoms. The molecule has 6 nitrogen and oxygen atoms in total. The Labute approximate surface area is 94.7 Å². The van der Waals surface area contributed by atoms with E-state index < -0.39 is 26.6 Å². The molecule has 0 atom stereocenters. The minimum atomic E-state index is -4.01. The number of halogens is 2. The van der Waals surface area contributed by atoms with Gasteiger partial charge >= 0.3 is 0 Å². The summed E-state index contributed by atoms with van der Waals surface area (Å²) in [5.41, 5.74) is 0. The fraction of sp³-hybridized carbons (Fsp3) is 0. The summed E-state index contributed by atoms with van der Waals surface area (Å²) in [5.74, 6) is -2.48. The van der Waals surface area contributed by atoms with E-state index in [2.05, 4.69) is 15.2 Å². The van der Waals surface area contributed by atoms with E-state index in [-0.39, 0.29) is 5.95 Å². The molecule has 0 bridgehead atoms. The topological polar surface area (TPSA) is 87.7 Å². The molecule has 1 aromatic carbocycles. The van der Waals surface area contributed by atoms with Crippen molar-refractivity contribution in [3.05, 3.63) is 36.2 Å². The number of aromatic nitrogens is 3. The minimum Gasteiger partial charge on any atom is -0.248 e. The van der Waals surface area contributed by atoms with Gasteiger partial charge in [-0.15, -0.1) is 0 Å². The van der Waals surface area contributed by atoms with Gasteiger partial charge in [0.2, 0.25) is 5.95 Å². The van der Waals surface area contributed by atoms with E-state index in [9.17, 15) is 17.2 Å². The fourth-order valence-electron chi connectivity index (χ4n) is 1.08. The first kappa shape index (κ1) is 11.5. The van der Waals surface area contributed by atoms with Gasteiger partial charge in [0.25, 0.3) is 10.0 Å². The van der Waals surface area contributed by atoms with Crippen LogP contribution in [0.3, 0.4) is 0 Å². The Morgan fingerprint density at radius 1 is 1.24 bits per heavy atom. The van der Waals surface area contributed by atoms with E-state index in [0.717, 1.165) is 18.5 Å². The maximum absolute atomic E-state index is 12.9. The number of rotatable bonds is 3. The number of nitrogens with zero attached hydrogens (tertiary/aromatic N) is 2. The van der Waals surface area contributed by atoms with Crippen molar-refractivity contribution in [2.45, 2.75) is 4.90 Å². The summed E-state index contributed by atoms with van der Waals surface area (Å²) < 4.78 is 50.9. The third-order valence-electron chi connectivity index (χ3n) is 1.85. The first-order chi connectivity index (χ1) is 7.99. The van der Waals surface area contributed by atoms with Crippen LogP contribution < -0.4 is 4.72 Å². The van der Waals surface area contributed by atoms with Crippen molar-refractivity contribution in [3.63, 3.8) is 0 Å². The summed E-state index contributed by atoms with van der Waals surface area (Å²) in [6, 6.07) is 2.25. The number of hydrogen-bond donors (Lipinski definition) is 2. The van der Waals surface area contributed by atoms with E-state index in [1.54, 1.807) is 0 Å². The number of nitrogens with one attached hydrogen (secondary N) is 2. The van der Waals surface area contributed by atoms with Gasteiger partial charge in [0.15, 0.2) is 11.6 Å². The monoisotopic (exact) mass is 260 g/mol. The van der Waals surface area contributed by atoms with Crippen molar-refractivity contribution in [2.75, 3.05) is 4.72 Å². The predicted octanol–water partition coefficient (Wildman–Crippen LogP) is 0.884. The average Bonchev–Trinajstić information content (AvgIpc) is 2.73. The quantitative estimate of drug-likeness (QED) is 0.857. The molecule has 90 valence electrons. The molecule has 0 unspecified atom stereocenters. The van der Waals surface area contributed by atoms with Crippen molar-refractivity contribution in [3.8, 4) is 0 Å². The standard InChI is InChI=1S/C8H6F2N4O2S/c9-6-2-1-5(3-7(6)10)17(15,16)14-8-11-4-12-13-8/h1-4H,(H2,11,12,13,14). The zero-order valence-corrected chi connectivity index (χ0v) is 9.00. The van der Waals surface area contributed by atoms with Crippen molar-refractivity contribution in [2.24, 2.45) is 0 Å². The zero-order valence-electron chi connectivity index (χ0n) is 8.18. The lowest BCUT2D eigenvalue weighted by molar-refractivity contribution is 0.504. The van der Waals surface area contributed by atoms with Crippen LogP contribution in [0.5, 0.6) is 0 Å². The maximum Gasteiger partial charge on any atom is 0.264 e. The largest absolute Gasteiger partial charge is 0.264 e. The minimum absolute atomic E-state index is 0.116. The van der Waals surface area contributed by atoms with Gasteiger partial charge in [-0.05, 0) is 18.2 Å². The molecule has 2 aromatic rings. The lowest BCUT2D eigenvalue weighted by Crippen LogP contribution is -2.14. The lowest BCUT2D eigenvalue weighted by atomic mass is 10.3. The molecule has 0 aliphatic rings. The predicted molar refractivity (Wildman–Crippen MR) is 53.5 cm³/mol. The van der Waals surface area contributed by atoms with Crippen molar-refractivity contribution >= 4 is 16.0 Å². The van der Waals surface area contributed by atoms with E-state index in [1.807, 2.05) is 4.72 Å². The number of H-pyrrole nitrogens is 1. The maximum atomic E-state index is 12.9. The summed E-state index contributed by atoms with van der Waals surface area (Å²) in [5, 5.41) is 5.70. The van der Waals surface area contributed by atoms with Gasteiger partial charge in [0, 0.05) is 0 Å². The zero-order chi connectivity index (χ0) is 12.5. The number of hydrogen-bond acceptors (Lipinski definition) is 4. The van der Waals surface area contributed by atoms with Crippen LogP contribution in [0.4, 0.5) is 14.7 Å². The summed E-state index contributed by atoms with van der Waals surface area (Å²) >= 11 is 0. The molecule has 1 heterocycles. The summed E-state index contributed by atoms with van der Waals surface area (Å²) in [7, 11) is -4.01. The normalized spacial score (nSPS) is 11.4. The molecule has 1 aromatic heterocycles. The molecule has 0 amide bonds. The van der Waals surface area contributed by atoms with Crippen LogP contribution in [-0.4, -0.2) is 23.6 Å². The Balaban J connectivity index is 2.35. The molecule has 2 N–H and O–H groups in total. The molecule has 0 aliphatic heterocycles. The van der Waals surface area contributed by atoms with Crippen molar-refractivity contribution in [1.82, 2.24) is 15.2 Å². The number of anilines is 1. The highest BCUT2D eigenvalue weighted by Gasteiger charge is 2.17. The smallest absolute Gasteiger partial charge is 0.248 e. The molecular formula is C8H6F2N4O2S. The molecule has 0 aliphatic carbocycles. The van der Waals surface area contributed by atoms with Gasteiger partial charge in [0.1, 0.15) is 6.33 Å². The van der Waals surface area contributed by atoms with E-state index >= 15 is 0 Å². The molecular weight excluding hydrogens is 254 g/mol. The van der Waals surface area contributed by atoms with Crippen LogP contribution in [0.15, 0.2) is 29.4 Å². The number of benzene rings is 1. The van der Waals surface area contributed by atoms with Crippen LogP contribution in [0.1, 0.15) is 0 Å². The molecule has 0 saturated carbocycles. The summed E-state index contributed by atoms with van der Waals surface area (Å²) in [4.78, 5) is 3.13. The van der Waals surface area contributed by atoms with Crippen LogP contribution in [-0.2, 0) is 10.0 Å². The third kappa shape index (κ3) is 2.38. The van der Waals surface area contributed by atoms with Gasteiger partial charge < -0.3 is 0 Å². The van der Waals surface area contributed by atoms with Gasteiger partial charge in [0.05, 0.1) is 4.90 Å². The highest BCUT2D eigenvalue weighted by atomic mass is 32.2. The first-order valence-electron chi connectivity index (χ1n) is 4.32. The summed E-state index contributed by atoms with van der Waals surface area (Å²) in [6.07, 6.45) is 1.10. The highest BCUT2D eigenvalue weighted by Crippen LogP contribution is 2.15. The number of aromatic amines is 1. The molecule has 0 radical (unpaired) electrons. The lowest BCUT2D eigenvalue weighted by Gasteiger charge is -2.04. The Kier molecular flexibility index (Phi) is 2.76. The highest BCUT2D eigenvalue weighted by molar-refractivity contribution is 7.92. The second-order valence-electron chi connectivity index (χ2n) is 3.02. The second kappa shape index (κ2) is 4.09. The first-order valence-corrected chi connectivity index (χ1v) is 5.80. The van der Waals surface area contributed by atoms with E-state index in [1.165, 1.54) is 0 Å². The Hall–Kier alpha value is -2.03. The third-order valence-corrected chi connectivity index (χ3v) is 3.18. The van der Waals surface area contributed by atoms with Gasteiger partial charge in [-0.25, -0.2) is 27.0 Å². The van der Waals surface area contributed by atoms with Crippen LogP contribution in [0.25, 0.3) is 0 Å². The summed E-state index contributed by atoms with van der Waals surface area (Å²) in [6.45, 7) is 0. The van der Waals surface area contributed by atoms with Crippen molar-refractivity contribution in [1.29, 1.82) is 0 Å². The fourth-order valence-corrected chi connectivity index (χ4v) is 2.06. The molecule has 9 heteroatoms. The Morgan fingerprint density at radius 2 is 2.00 bits per heavy atom. The Morgan fingerprint density at radius 3 is 2.59 bits per heavy atom. The Bertz CT molecular complexity index is 627. The van der Waals surface area contributed by atoms with E-state index in [4.69, 9.17) is 0 Å². The van der Waals surface area contributed by atoms with Gasteiger partial charge in [-0.1, -0.05) is 0 Å². The molecule has 2 rings (SSSR count). The van der Waals surface area contributed by atoms with Gasteiger partial charge in [-0.3, -0.25) is 0 Å². The van der Waals surface area contributed by atoms with Crippen molar-refractivity contribution < 1.29 is 17.2 Å². The second-order valence-corrected chi connectivity index (χ2v) is 4.70. The SMILES string of the molecule is O=S(=O)(Nc1ncn[nH]1)c1ccc(F)c(F)c1. The van der Waals surface area contributed by atoms with Crippen LogP contribution in [0.2, 0.25) is 0 Å². The number of sulfonamides is 1. The average molecular weight is 260 g/mol. The molecule has 0 saturated heterocycles. The van der Waals surface area contributed by atoms with Crippen LogP contribution in [0, 0.1) is 11.6 Å². The van der Waals surface area contributed by atoms with E-state index in [0.29, 0.717) is 6.07 Å². The molecule has 0 fully saturated rings. The van der Waals surface area contributed by atoms with Crippen LogP contribution >= 0.6 is 0 Å². The van der Waals surface area contributed by atoms with Gasteiger partial charge in [-0.2, -0.15) is 10.1 Å². The molecule has 0 spiro atoms.